The van der Waals surface area contributed by atoms with E-state index >= 15 is 0 Å². The molecule has 0 aliphatic heterocycles. The fourth-order valence-electron chi connectivity index (χ4n) is 2.06. The number of hydrogen-bond donors (Lipinski definition) is 0. The minimum absolute atomic E-state index is 0.586. The van der Waals surface area contributed by atoms with E-state index in [1.807, 2.05) is 33.0 Å². The fourth-order valence-corrected chi connectivity index (χ4v) is 2.06. The van der Waals surface area contributed by atoms with Gasteiger partial charge < -0.3 is 9.30 Å². The van der Waals surface area contributed by atoms with Crippen LogP contribution in [0, 0.1) is 13.8 Å². The summed E-state index contributed by atoms with van der Waals surface area (Å²) in [6.45, 7) is 4.01. The largest absolute Gasteiger partial charge is 0.496 e. The van der Waals surface area contributed by atoms with E-state index in [0.717, 1.165) is 34.4 Å². The van der Waals surface area contributed by atoms with Crippen molar-refractivity contribution < 1.29 is 9.53 Å². The monoisotopic (exact) mass is 244 g/mol. The molecule has 0 unspecified atom stereocenters. The molecule has 4 nitrogen and oxygen atoms in total. The van der Waals surface area contributed by atoms with Gasteiger partial charge in [-0.3, -0.25) is 4.79 Å². The van der Waals surface area contributed by atoms with E-state index in [9.17, 15) is 4.79 Å². The Hall–Kier alpha value is -2.10. The molecule has 0 bridgehead atoms. The number of nitrogens with zero attached hydrogens (tertiary/aromatic N) is 2. The molecule has 0 saturated heterocycles. The molecule has 0 aliphatic rings. The predicted octanol–water partition coefficient (Wildman–Crippen LogP) is 2.53. The summed E-state index contributed by atoms with van der Waals surface area (Å²) in [5, 5.41) is 0. The summed E-state index contributed by atoms with van der Waals surface area (Å²) >= 11 is 0. The highest BCUT2D eigenvalue weighted by molar-refractivity contribution is 5.85. The number of benzene rings is 1. The maximum absolute atomic E-state index is 11.1. The summed E-state index contributed by atoms with van der Waals surface area (Å²) in [4.78, 5) is 15.4. The molecule has 0 fully saturated rings. The van der Waals surface area contributed by atoms with Crippen LogP contribution in [0.3, 0.4) is 0 Å². The highest BCUT2D eigenvalue weighted by Gasteiger charge is 2.15. The Morgan fingerprint density at radius 2 is 2.00 bits per heavy atom. The van der Waals surface area contributed by atoms with E-state index in [4.69, 9.17) is 4.74 Å². The molecule has 0 radical (unpaired) electrons. The molecule has 1 heterocycles. The van der Waals surface area contributed by atoms with Crippen LogP contribution in [0.5, 0.6) is 5.75 Å². The van der Waals surface area contributed by atoms with Crippen LogP contribution in [0.25, 0.3) is 11.3 Å². The summed E-state index contributed by atoms with van der Waals surface area (Å²) in [7, 11) is 3.46. The number of aldehydes is 1. The molecule has 0 amide bonds. The van der Waals surface area contributed by atoms with Crippen LogP contribution in [0.2, 0.25) is 0 Å². The lowest BCUT2D eigenvalue weighted by atomic mass is 9.99. The first-order chi connectivity index (χ1) is 8.60. The van der Waals surface area contributed by atoms with Crippen LogP contribution in [0.4, 0.5) is 0 Å². The molecule has 0 saturated carbocycles. The van der Waals surface area contributed by atoms with Crippen molar-refractivity contribution in [1.29, 1.82) is 0 Å². The SMILES string of the molecule is COc1ccc(-c2ncn(C)c2C=O)c(C)c1C. The molecule has 2 rings (SSSR count). The van der Waals surface area contributed by atoms with Gasteiger partial charge in [0.05, 0.1) is 19.1 Å². The van der Waals surface area contributed by atoms with Gasteiger partial charge in [-0.15, -0.1) is 0 Å². The van der Waals surface area contributed by atoms with Gasteiger partial charge in [0.2, 0.25) is 0 Å². The quantitative estimate of drug-likeness (QED) is 0.779. The van der Waals surface area contributed by atoms with Crippen molar-refractivity contribution in [3.8, 4) is 17.0 Å². The average Bonchev–Trinajstić information content (AvgIpc) is 2.73. The standard InChI is InChI=1S/C14H16N2O2/c1-9-10(2)13(18-4)6-5-11(9)14-12(7-17)16(3)8-15-14/h5-8H,1-4H3. The molecule has 94 valence electrons. The van der Waals surface area contributed by atoms with E-state index in [1.54, 1.807) is 18.0 Å². The van der Waals surface area contributed by atoms with Crippen molar-refractivity contribution in [2.24, 2.45) is 7.05 Å². The van der Waals surface area contributed by atoms with Crippen LogP contribution in [-0.4, -0.2) is 22.9 Å². The van der Waals surface area contributed by atoms with Crippen molar-refractivity contribution in [3.63, 3.8) is 0 Å². The van der Waals surface area contributed by atoms with Crippen molar-refractivity contribution >= 4 is 6.29 Å². The van der Waals surface area contributed by atoms with Crippen LogP contribution in [0.1, 0.15) is 21.6 Å². The van der Waals surface area contributed by atoms with Gasteiger partial charge in [-0.25, -0.2) is 4.98 Å². The molecule has 18 heavy (non-hydrogen) atoms. The average molecular weight is 244 g/mol. The summed E-state index contributed by atoms with van der Waals surface area (Å²) in [5.74, 6) is 0.847. The molecule has 0 aliphatic carbocycles. The minimum atomic E-state index is 0.586. The highest BCUT2D eigenvalue weighted by atomic mass is 16.5. The number of ether oxygens (including phenoxy) is 1. The zero-order valence-corrected chi connectivity index (χ0v) is 11.0. The second-order valence-corrected chi connectivity index (χ2v) is 4.27. The molecule has 0 spiro atoms. The fraction of sp³-hybridized carbons (Fsp3) is 0.286. The summed E-state index contributed by atoms with van der Waals surface area (Å²) in [6.07, 6.45) is 2.49. The molecule has 0 N–H and O–H groups in total. The van der Waals surface area contributed by atoms with Gasteiger partial charge >= 0.3 is 0 Å². The first kappa shape index (κ1) is 12.4. The lowest BCUT2D eigenvalue weighted by molar-refractivity contribution is 0.111. The Morgan fingerprint density at radius 3 is 2.61 bits per heavy atom. The summed E-state index contributed by atoms with van der Waals surface area (Å²) < 4.78 is 7.01. The number of imidazole rings is 1. The number of carbonyl (C=O) groups is 1. The Labute approximate surface area is 106 Å². The van der Waals surface area contributed by atoms with Gasteiger partial charge in [-0.2, -0.15) is 0 Å². The summed E-state index contributed by atoms with van der Waals surface area (Å²) in [5.41, 5.74) is 4.42. The van der Waals surface area contributed by atoms with Gasteiger partial charge in [0.1, 0.15) is 11.4 Å². The van der Waals surface area contributed by atoms with Crippen LogP contribution < -0.4 is 4.74 Å². The number of rotatable bonds is 3. The maximum atomic E-state index is 11.1. The lowest BCUT2D eigenvalue weighted by Gasteiger charge is -2.11. The van der Waals surface area contributed by atoms with Gasteiger partial charge in [-0.05, 0) is 37.1 Å². The molecule has 1 aromatic carbocycles. The lowest BCUT2D eigenvalue weighted by Crippen LogP contribution is -1.97. The first-order valence-corrected chi connectivity index (χ1v) is 5.71. The third kappa shape index (κ3) is 1.79. The third-order valence-electron chi connectivity index (χ3n) is 3.31. The van der Waals surface area contributed by atoms with Crippen molar-refractivity contribution in [3.05, 3.63) is 35.3 Å². The molecule has 1 aromatic heterocycles. The smallest absolute Gasteiger partial charge is 0.168 e. The Kier molecular flexibility index (Phi) is 3.19. The number of carbonyl (C=O) groups excluding carboxylic acids is 1. The van der Waals surface area contributed by atoms with Crippen LogP contribution in [-0.2, 0) is 7.05 Å². The zero-order valence-electron chi connectivity index (χ0n) is 11.0. The Bertz CT molecular complexity index is 600. The number of aromatic nitrogens is 2. The molecule has 4 heteroatoms. The van der Waals surface area contributed by atoms with Crippen molar-refractivity contribution in [2.45, 2.75) is 13.8 Å². The Morgan fingerprint density at radius 1 is 1.28 bits per heavy atom. The number of methoxy groups -OCH3 is 1. The molecule has 0 atom stereocenters. The van der Waals surface area contributed by atoms with Crippen LogP contribution in [0.15, 0.2) is 18.5 Å². The van der Waals surface area contributed by atoms with Gasteiger partial charge in [0, 0.05) is 12.6 Å². The molecular weight excluding hydrogens is 228 g/mol. The van der Waals surface area contributed by atoms with E-state index in [0.29, 0.717) is 5.69 Å². The van der Waals surface area contributed by atoms with Crippen molar-refractivity contribution in [1.82, 2.24) is 9.55 Å². The third-order valence-corrected chi connectivity index (χ3v) is 3.31. The van der Waals surface area contributed by atoms with Gasteiger partial charge in [-0.1, -0.05) is 0 Å². The van der Waals surface area contributed by atoms with E-state index in [2.05, 4.69) is 4.98 Å². The van der Waals surface area contributed by atoms with Gasteiger partial charge in [0.15, 0.2) is 6.29 Å². The van der Waals surface area contributed by atoms with Crippen LogP contribution >= 0.6 is 0 Å². The Balaban J connectivity index is 2.65. The normalized spacial score (nSPS) is 10.4. The summed E-state index contributed by atoms with van der Waals surface area (Å²) in [6, 6.07) is 3.84. The topological polar surface area (TPSA) is 44.1 Å². The van der Waals surface area contributed by atoms with E-state index < -0.39 is 0 Å². The highest BCUT2D eigenvalue weighted by Crippen LogP contribution is 2.31. The van der Waals surface area contributed by atoms with E-state index in [-0.39, 0.29) is 0 Å². The predicted molar refractivity (Wildman–Crippen MR) is 70.1 cm³/mol. The molecular formula is C14H16N2O2. The minimum Gasteiger partial charge on any atom is -0.496 e. The molecule has 2 aromatic rings. The number of hydrogen-bond acceptors (Lipinski definition) is 3. The zero-order chi connectivity index (χ0) is 13.3. The second-order valence-electron chi connectivity index (χ2n) is 4.27. The maximum Gasteiger partial charge on any atom is 0.168 e. The second kappa shape index (κ2) is 4.64. The number of aryl methyl sites for hydroxylation is 1. The first-order valence-electron chi connectivity index (χ1n) is 5.71. The van der Waals surface area contributed by atoms with Crippen molar-refractivity contribution in [2.75, 3.05) is 7.11 Å². The van der Waals surface area contributed by atoms with Gasteiger partial charge in [0.25, 0.3) is 0 Å². The van der Waals surface area contributed by atoms with E-state index in [1.165, 1.54) is 0 Å².